The van der Waals surface area contributed by atoms with E-state index in [1.165, 1.54) is 15.4 Å². The maximum atomic E-state index is 13.4. The van der Waals surface area contributed by atoms with Gasteiger partial charge in [0.1, 0.15) is 6.54 Å². The Balaban J connectivity index is 1.44. The maximum Gasteiger partial charge on any atom is 0.322 e. The summed E-state index contributed by atoms with van der Waals surface area (Å²) < 4.78 is 0. The van der Waals surface area contributed by atoms with E-state index < -0.39 is 6.04 Å². The number of aryl methyl sites for hydroxylation is 1. The fraction of sp³-hybridized carbons (Fsp3) is 0.269. The zero-order chi connectivity index (χ0) is 24.1. The average Bonchev–Trinajstić information content (AvgIpc) is 3.15. The Bertz CT molecular complexity index is 1130. The van der Waals surface area contributed by atoms with Crippen LogP contribution < -0.4 is 10.6 Å². The van der Waals surface area contributed by atoms with E-state index >= 15 is 0 Å². The first kappa shape index (κ1) is 23.6. The molecule has 1 atom stereocenters. The standard InChI is InChI=1S/C26H27ClN4O3/c1-2-15-31-21-16-30(17-22(32)28-14-8-11-18-9-4-3-5-10-18)25(33)23(21)24(29-26(31)34)19-12-6-7-13-20(19)27/h2-7,9-10,12-13,24H,1,8,11,14-17H2,(H,28,32)(H,29,34)/t24-/m0/s1. The highest BCUT2D eigenvalue weighted by Gasteiger charge is 2.44. The van der Waals surface area contributed by atoms with Gasteiger partial charge in [0.2, 0.25) is 5.91 Å². The lowest BCUT2D eigenvalue weighted by atomic mass is 9.95. The number of amides is 4. The van der Waals surface area contributed by atoms with Crippen LogP contribution in [0.2, 0.25) is 5.02 Å². The average molecular weight is 479 g/mol. The van der Waals surface area contributed by atoms with Gasteiger partial charge in [-0.3, -0.25) is 14.5 Å². The minimum Gasteiger partial charge on any atom is -0.355 e. The predicted molar refractivity (Wildman–Crippen MR) is 131 cm³/mol. The molecule has 0 spiro atoms. The molecule has 2 aliphatic rings. The SMILES string of the molecule is C=CCN1C(=O)N[C@@H](c2ccccc2Cl)C2=C1CN(CC(=O)NCCCc1ccccc1)C2=O. The zero-order valence-corrected chi connectivity index (χ0v) is 19.6. The van der Waals surface area contributed by atoms with Gasteiger partial charge in [-0.15, -0.1) is 6.58 Å². The smallest absolute Gasteiger partial charge is 0.322 e. The van der Waals surface area contributed by atoms with Crippen LogP contribution in [0.4, 0.5) is 4.79 Å². The van der Waals surface area contributed by atoms with Crippen LogP contribution in [-0.4, -0.2) is 53.8 Å². The summed E-state index contributed by atoms with van der Waals surface area (Å²) in [5, 5.41) is 6.24. The molecule has 0 unspecified atom stereocenters. The van der Waals surface area contributed by atoms with E-state index in [2.05, 4.69) is 29.3 Å². The summed E-state index contributed by atoms with van der Waals surface area (Å²) in [7, 11) is 0. The third-order valence-electron chi connectivity index (χ3n) is 5.97. The van der Waals surface area contributed by atoms with Crippen LogP contribution in [0.15, 0.2) is 78.5 Å². The first-order valence-corrected chi connectivity index (χ1v) is 11.6. The Morgan fingerprint density at radius 3 is 2.62 bits per heavy atom. The summed E-state index contributed by atoms with van der Waals surface area (Å²) in [4.78, 5) is 41.8. The lowest BCUT2D eigenvalue weighted by molar-refractivity contribution is -0.131. The normalized spacial score (nSPS) is 17.5. The van der Waals surface area contributed by atoms with Crippen LogP contribution in [0.5, 0.6) is 0 Å². The molecule has 0 saturated carbocycles. The van der Waals surface area contributed by atoms with Crippen molar-refractivity contribution < 1.29 is 14.4 Å². The first-order chi connectivity index (χ1) is 16.5. The first-order valence-electron chi connectivity index (χ1n) is 11.3. The number of nitrogens with one attached hydrogen (secondary N) is 2. The molecule has 4 amide bonds. The number of nitrogens with zero attached hydrogens (tertiary/aromatic N) is 2. The van der Waals surface area contributed by atoms with E-state index in [1.54, 1.807) is 24.3 Å². The van der Waals surface area contributed by atoms with Crippen molar-refractivity contribution in [3.8, 4) is 0 Å². The van der Waals surface area contributed by atoms with Crippen LogP contribution in [0.3, 0.4) is 0 Å². The van der Waals surface area contributed by atoms with Crippen LogP contribution in [0.1, 0.15) is 23.6 Å². The number of carbonyl (C=O) groups excluding carboxylic acids is 3. The Labute approximate surface area is 204 Å². The molecule has 176 valence electrons. The number of halogens is 1. The van der Waals surface area contributed by atoms with Crippen molar-refractivity contribution in [2.75, 3.05) is 26.2 Å². The Hall–Kier alpha value is -3.58. The maximum absolute atomic E-state index is 13.4. The third-order valence-corrected chi connectivity index (χ3v) is 6.31. The second kappa shape index (κ2) is 10.6. The van der Waals surface area contributed by atoms with E-state index in [9.17, 15) is 14.4 Å². The summed E-state index contributed by atoms with van der Waals surface area (Å²) in [6, 6.07) is 16.2. The van der Waals surface area contributed by atoms with E-state index in [0.29, 0.717) is 28.4 Å². The van der Waals surface area contributed by atoms with Gasteiger partial charge in [-0.2, -0.15) is 0 Å². The van der Waals surface area contributed by atoms with Gasteiger partial charge in [-0.25, -0.2) is 4.79 Å². The van der Waals surface area contributed by atoms with Gasteiger partial charge < -0.3 is 15.5 Å². The third kappa shape index (κ3) is 4.99. The van der Waals surface area contributed by atoms with E-state index in [0.717, 1.165) is 12.8 Å². The highest BCUT2D eigenvalue weighted by Crippen LogP contribution is 2.38. The number of hydrogen-bond donors (Lipinski definition) is 2. The Kier molecular flexibility index (Phi) is 7.33. The van der Waals surface area contributed by atoms with Crippen molar-refractivity contribution in [3.05, 3.63) is 94.7 Å². The lowest BCUT2D eigenvalue weighted by Crippen LogP contribution is -2.47. The van der Waals surface area contributed by atoms with Crippen molar-refractivity contribution >= 4 is 29.4 Å². The fourth-order valence-corrected chi connectivity index (χ4v) is 4.58. The van der Waals surface area contributed by atoms with Gasteiger partial charge in [0.25, 0.3) is 5.91 Å². The van der Waals surface area contributed by atoms with Crippen molar-refractivity contribution in [2.24, 2.45) is 0 Å². The molecule has 0 bridgehead atoms. The summed E-state index contributed by atoms with van der Waals surface area (Å²) >= 11 is 6.38. The van der Waals surface area contributed by atoms with Gasteiger partial charge in [-0.05, 0) is 30.0 Å². The largest absolute Gasteiger partial charge is 0.355 e. The van der Waals surface area contributed by atoms with Crippen molar-refractivity contribution in [1.29, 1.82) is 0 Å². The van der Waals surface area contributed by atoms with Crippen LogP contribution >= 0.6 is 11.6 Å². The quantitative estimate of drug-likeness (QED) is 0.428. The molecule has 8 heteroatoms. The van der Waals surface area contributed by atoms with Crippen molar-refractivity contribution in [3.63, 3.8) is 0 Å². The molecule has 7 nitrogen and oxygen atoms in total. The molecule has 2 heterocycles. The molecule has 0 aromatic heterocycles. The monoisotopic (exact) mass is 478 g/mol. The molecule has 0 fully saturated rings. The Morgan fingerprint density at radius 1 is 1.15 bits per heavy atom. The second-order valence-electron chi connectivity index (χ2n) is 8.26. The van der Waals surface area contributed by atoms with Crippen LogP contribution in [0.25, 0.3) is 0 Å². The molecule has 2 aromatic rings. The number of rotatable bonds is 9. The van der Waals surface area contributed by atoms with Crippen LogP contribution in [0, 0.1) is 0 Å². The number of hydrogen-bond acceptors (Lipinski definition) is 3. The van der Waals surface area contributed by atoms with Gasteiger partial charge in [0, 0.05) is 18.1 Å². The molecular weight excluding hydrogens is 452 g/mol. The fourth-order valence-electron chi connectivity index (χ4n) is 4.34. The van der Waals surface area contributed by atoms with Crippen molar-refractivity contribution in [1.82, 2.24) is 20.4 Å². The van der Waals surface area contributed by atoms with Gasteiger partial charge >= 0.3 is 6.03 Å². The van der Waals surface area contributed by atoms with E-state index in [1.807, 2.05) is 24.3 Å². The van der Waals surface area contributed by atoms with E-state index in [-0.39, 0.29) is 37.5 Å². The van der Waals surface area contributed by atoms with Crippen molar-refractivity contribution in [2.45, 2.75) is 18.9 Å². The molecular formula is C26H27ClN4O3. The zero-order valence-electron chi connectivity index (χ0n) is 18.8. The molecule has 2 aliphatic heterocycles. The van der Waals surface area contributed by atoms with Crippen LogP contribution in [-0.2, 0) is 16.0 Å². The Morgan fingerprint density at radius 2 is 1.88 bits per heavy atom. The number of urea groups is 1. The molecule has 4 rings (SSSR count). The molecule has 0 radical (unpaired) electrons. The minimum atomic E-state index is -0.677. The number of benzene rings is 2. The molecule has 34 heavy (non-hydrogen) atoms. The second-order valence-corrected chi connectivity index (χ2v) is 8.67. The molecule has 0 aliphatic carbocycles. The summed E-state index contributed by atoms with van der Waals surface area (Å²) in [5.74, 6) is -0.515. The molecule has 2 N–H and O–H groups in total. The van der Waals surface area contributed by atoms with Gasteiger partial charge in [0.05, 0.1) is 23.9 Å². The van der Waals surface area contributed by atoms with E-state index in [4.69, 9.17) is 11.6 Å². The lowest BCUT2D eigenvalue weighted by Gasteiger charge is -2.33. The summed E-state index contributed by atoms with van der Waals surface area (Å²) in [6.45, 7) is 4.59. The van der Waals surface area contributed by atoms with Gasteiger partial charge in [-0.1, -0.05) is 66.2 Å². The minimum absolute atomic E-state index is 0.0808. The highest BCUT2D eigenvalue weighted by molar-refractivity contribution is 6.31. The summed E-state index contributed by atoms with van der Waals surface area (Å²) in [5.41, 5.74) is 2.87. The number of carbonyl (C=O) groups is 3. The molecule has 2 aromatic carbocycles. The summed E-state index contributed by atoms with van der Waals surface area (Å²) in [6.07, 6.45) is 3.27. The topological polar surface area (TPSA) is 81.8 Å². The highest BCUT2D eigenvalue weighted by atomic mass is 35.5. The molecule has 0 saturated heterocycles. The predicted octanol–water partition coefficient (Wildman–Crippen LogP) is 3.44. The van der Waals surface area contributed by atoms with Gasteiger partial charge in [0.15, 0.2) is 0 Å².